The van der Waals surface area contributed by atoms with Gasteiger partial charge in [0.15, 0.2) is 0 Å². The summed E-state index contributed by atoms with van der Waals surface area (Å²) in [5, 5.41) is 30.3. The van der Waals surface area contributed by atoms with Crippen molar-refractivity contribution in [3.63, 3.8) is 0 Å². The molecule has 0 heterocycles. The minimum absolute atomic E-state index is 0.0677. The zero-order chi connectivity index (χ0) is 24.8. The first-order valence-corrected chi connectivity index (χ1v) is 10.1. The van der Waals surface area contributed by atoms with E-state index in [1.54, 1.807) is 48.5 Å². The molecule has 3 rings (SSSR count). The molecule has 0 fully saturated rings. The van der Waals surface area contributed by atoms with Gasteiger partial charge in [0, 0.05) is 36.6 Å². The summed E-state index contributed by atoms with van der Waals surface area (Å²) >= 11 is 0. The predicted molar refractivity (Wildman–Crippen MR) is 127 cm³/mol. The van der Waals surface area contributed by atoms with Crippen molar-refractivity contribution in [1.29, 1.82) is 0 Å². The van der Waals surface area contributed by atoms with E-state index < -0.39 is 11.9 Å². The number of aromatic carboxylic acids is 2. The van der Waals surface area contributed by atoms with E-state index in [4.69, 9.17) is 0 Å². The van der Waals surface area contributed by atoms with E-state index in [2.05, 4.69) is 21.3 Å². The summed E-state index contributed by atoms with van der Waals surface area (Å²) in [4.78, 5) is 47.2. The number of rotatable bonds is 8. The molecule has 10 nitrogen and oxygen atoms in total. The normalized spacial score (nSPS) is 10.2. The molecule has 0 aliphatic rings. The van der Waals surface area contributed by atoms with Gasteiger partial charge in [-0.25, -0.2) is 9.59 Å². The molecule has 34 heavy (non-hydrogen) atoms. The molecule has 0 saturated heterocycles. The Morgan fingerprint density at radius 2 is 0.912 bits per heavy atom. The molecule has 6 N–H and O–H groups in total. The lowest BCUT2D eigenvalue weighted by atomic mass is 10.0. The molecule has 0 unspecified atom stereocenters. The van der Waals surface area contributed by atoms with Crippen LogP contribution in [0.1, 0.15) is 41.4 Å². The molecule has 0 aliphatic carbocycles. The van der Waals surface area contributed by atoms with Crippen LogP contribution in [0.2, 0.25) is 0 Å². The van der Waals surface area contributed by atoms with Crippen molar-refractivity contribution < 1.29 is 29.4 Å². The number of nitrogens with one attached hydrogen (secondary N) is 4. The Morgan fingerprint density at radius 1 is 0.588 bits per heavy atom. The third-order valence-electron chi connectivity index (χ3n) is 4.92. The highest BCUT2D eigenvalue weighted by Gasteiger charge is 2.19. The maximum atomic E-state index is 11.9. The third kappa shape index (κ3) is 5.30. The molecular formula is C24H22N4O6. The van der Waals surface area contributed by atoms with Crippen LogP contribution in [-0.2, 0) is 0 Å². The van der Waals surface area contributed by atoms with Crippen molar-refractivity contribution in [2.75, 3.05) is 24.7 Å². The van der Waals surface area contributed by atoms with Gasteiger partial charge in [0.2, 0.25) is 0 Å². The van der Waals surface area contributed by atoms with E-state index >= 15 is 0 Å². The SMILES string of the molecule is CNC(=O)c1ccc(Nc2cc(C(=O)O)c(Nc3ccc(C(=O)NC)cc3)cc2C(=O)O)cc1. The van der Waals surface area contributed by atoms with Gasteiger partial charge in [-0.05, 0) is 60.7 Å². The number of benzene rings is 3. The summed E-state index contributed by atoms with van der Waals surface area (Å²) in [6.45, 7) is 0. The Morgan fingerprint density at radius 3 is 1.18 bits per heavy atom. The summed E-state index contributed by atoms with van der Waals surface area (Å²) in [6, 6.07) is 15.0. The van der Waals surface area contributed by atoms with Crippen molar-refractivity contribution >= 4 is 46.5 Å². The standard InChI is InChI=1S/C24H22N4O6/c1-25-21(29)13-3-7-15(8-4-13)27-19-11-18(24(33)34)20(12-17(19)23(31)32)28-16-9-5-14(6-10-16)22(30)26-2/h3-12,27-28H,1-2H3,(H,25,29)(H,26,30)(H,31,32)(H,33,34). The molecule has 0 aromatic heterocycles. The molecule has 0 saturated carbocycles. The molecule has 0 bridgehead atoms. The van der Waals surface area contributed by atoms with Gasteiger partial charge in [0.1, 0.15) is 0 Å². The maximum absolute atomic E-state index is 11.9. The Bertz CT molecular complexity index is 1150. The van der Waals surface area contributed by atoms with Gasteiger partial charge in [-0.15, -0.1) is 0 Å². The number of hydrogen-bond acceptors (Lipinski definition) is 6. The van der Waals surface area contributed by atoms with E-state index in [1.807, 2.05) is 0 Å². The number of anilines is 4. The van der Waals surface area contributed by atoms with E-state index in [0.29, 0.717) is 22.5 Å². The first kappa shape index (κ1) is 23.8. The van der Waals surface area contributed by atoms with Gasteiger partial charge in [-0.1, -0.05) is 0 Å². The molecule has 10 heteroatoms. The fraction of sp³-hybridized carbons (Fsp3) is 0.0833. The fourth-order valence-electron chi connectivity index (χ4n) is 3.17. The van der Waals surface area contributed by atoms with Crippen LogP contribution in [0.4, 0.5) is 22.7 Å². The first-order chi connectivity index (χ1) is 16.2. The molecule has 174 valence electrons. The molecule has 0 atom stereocenters. The summed E-state index contributed by atoms with van der Waals surface area (Å²) in [6.07, 6.45) is 0. The highest BCUT2D eigenvalue weighted by molar-refractivity contribution is 6.03. The molecule has 2 amide bonds. The van der Waals surface area contributed by atoms with Crippen LogP contribution in [0.3, 0.4) is 0 Å². The first-order valence-electron chi connectivity index (χ1n) is 10.1. The van der Waals surface area contributed by atoms with E-state index in [-0.39, 0.29) is 34.3 Å². The van der Waals surface area contributed by atoms with Crippen LogP contribution < -0.4 is 21.3 Å². The lowest BCUT2D eigenvalue weighted by Gasteiger charge is -2.16. The lowest BCUT2D eigenvalue weighted by molar-refractivity contribution is 0.0683. The summed E-state index contributed by atoms with van der Waals surface area (Å²) < 4.78 is 0. The smallest absolute Gasteiger partial charge is 0.337 e. The summed E-state index contributed by atoms with van der Waals surface area (Å²) in [5.41, 5.74) is 1.58. The number of amides is 2. The van der Waals surface area contributed by atoms with Gasteiger partial charge in [0.25, 0.3) is 11.8 Å². The second-order valence-electron chi connectivity index (χ2n) is 7.12. The topological polar surface area (TPSA) is 157 Å². The van der Waals surface area contributed by atoms with Crippen molar-refractivity contribution in [3.8, 4) is 0 Å². The van der Waals surface area contributed by atoms with Gasteiger partial charge in [0.05, 0.1) is 22.5 Å². The minimum Gasteiger partial charge on any atom is -0.478 e. The second kappa shape index (κ2) is 10.2. The fourth-order valence-corrected chi connectivity index (χ4v) is 3.17. The summed E-state index contributed by atoms with van der Waals surface area (Å²) in [5.74, 6) is -3.08. The molecule has 3 aromatic rings. The Labute approximate surface area is 194 Å². The largest absolute Gasteiger partial charge is 0.478 e. The van der Waals surface area contributed by atoms with Crippen LogP contribution >= 0.6 is 0 Å². The molecule has 0 aliphatic heterocycles. The van der Waals surface area contributed by atoms with Crippen molar-refractivity contribution in [2.24, 2.45) is 0 Å². The zero-order valence-electron chi connectivity index (χ0n) is 18.3. The number of hydrogen-bond donors (Lipinski definition) is 6. The predicted octanol–water partition coefficient (Wildman–Crippen LogP) is 3.29. The van der Waals surface area contributed by atoms with Crippen LogP contribution in [-0.4, -0.2) is 48.1 Å². The Hall–Kier alpha value is -4.86. The van der Waals surface area contributed by atoms with Gasteiger partial charge >= 0.3 is 11.9 Å². The molecule has 0 radical (unpaired) electrons. The zero-order valence-corrected chi connectivity index (χ0v) is 18.3. The summed E-state index contributed by atoms with van der Waals surface area (Å²) in [7, 11) is 3.01. The average molecular weight is 462 g/mol. The van der Waals surface area contributed by atoms with Gasteiger partial charge in [-0.2, -0.15) is 0 Å². The number of carbonyl (C=O) groups excluding carboxylic acids is 2. The number of carbonyl (C=O) groups is 4. The molecule has 3 aromatic carbocycles. The van der Waals surface area contributed by atoms with E-state index in [1.165, 1.54) is 26.2 Å². The quantitative estimate of drug-likeness (QED) is 0.298. The van der Waals surface area contributed by atoms with E-state index in [9.17, 15) is 29.4 Å². The van der Waals surface area contributed by atoms with Crippen molar-refractivity contribution in [3.05, 3.63) is 82.9 Å². The molecular weight excluding hydrogens is 440 g/mol. The highest BCUT2D eigenvalue weighted by atomic mass is 16.4. The van der Waals surface area contributed by atoms with Gasteiger partial charge in [-0.3, -0.25) is 9.59 Å². The Kier molecular flexibility index (Phi) is 7.12. The minimum atomic E-state index is -1.26. The highest BCUT2D eigenvalue weighted by Crippen LogP contribution is 2.30. The average Bonchev–Trinajstić information content (AvgIpc) is 2.84. The van der Waals surface area contributed by atoms with Crippen LogP contribution in [0.5, 0.6) is 0 Å². The van der Waals surface area contributed by atoms with Crippen molar-refractivity contribution in [2.45, 2.75) is 0 Å². The number of carboxylic acid groups (broad SMARTS) is 2. The number of carboxylic acids is 2. The van der Waals surface area contributed by atoms with Crippen molar-refractivity contribution in [1.82, 2.24) is 10.6 Å². The second-order valence-corrected chi connectivity index (χ2v) is 7.12. The van der Waals surface area contributed by atoms with Crippen LogP contribution in [0.15, 0.2) is 60.7 Å². The Balaban J connectivity index is 1.96. The monoisotopic (exact) mass is 462 g/mol. The molecule has 0 spiro atoms. The van der Waals surface area contributed by atoms with Crippen LogP contribution in [0.25, 0.3) is 0 Å². The lowest BCUT2D eigenvalue weighted by Crippen LogP contribution is -2.17. The maximum Gasteiger partial charge on any atom is 0.337 e. The van der Waals surface area contributed by atoms with Gasteiger partial charge < -0.3 is 31.5 Å². The van der Waals surface area contributed by atoms with Crippen LogP contribution in [0, 0.1) is 0 Å². The van der Waals surface area contributed by atoms with E-state index in [0.717, 1.165) is 0 Å². The third-order valence-corrected chi connectivity index (χ3v) is 4.92.